The van der Waals surface area contributed by atoms with Gasteiger partial charge in [-0.25, -0.2) is 0 Å². The van der Waals surface area contributed by atoms with E-state index in [4.69, 9.17) is 0 Å². The lowest BCUT2D eigenvalue weighted by molar-refractivity contribution is -0.274. The molecule has 4 rings (SSSR count). The van der Waals surface area contributed by atoms with Crippen molar-refractivity contribution in [2.75, 3.05) is 5.32 Å². The highest BCUT2D eigenvalue weighted by molar-refractivity contribution is 5.95. The second-order valence-electron chi connectivity index (χ2n) is 10.1. The largest absolute Gasteiger partial charge is 0.573 e. The number of ether oxygens (including phenoxy) is 1. The van der Waals surface area contributed by atoms with Gasteiger partial charge in [-0.2, -0.15) is 18.3 Å². The van der Waals surface area contributed by atoms with E-state index >= 15 is 0 Å². The summed E-state index contributed by atoms with van der Waals surface area (Å²) in [5.41, 5.74) is 0.0968. The number of amides is 1. The van der Waals surface area contributed by atoms with E-state index in [2.05, 4.69) is 20.5 Å². The first-order valence-corrected chi connectivity index (χ1v) is 11.8. The average molecular weight is 577 g/mol. The third kappa shape index (κ3) is 7.45. The van der Waals surface area contributed by atoms with Crippen LogP contribution in [0, 0.1) is 0 Å². The normalized spacial score (nSPS) is 19.9. The predicted octanol–water partition coefficient (Wildman–Crippen LogP) is 6.80. The molecule has 2 N–H and O–H groups in total. The maximum Gasteiger partial charge on any atom is 0.573 e. The molecule has 3 atom stereocenters. The summed E-state index contributed by atoms with van der Waals surface area (Å²) >= 11 is 0. The van der Waals surface area contributed by atoms with Gasteiger partial charge >= 0.3 is 12.5 Å². The Morgan fingerprint density at radius 3 is 2.26 bits per heavy atom. The predicted molar refractivity (Wildman–Crippen MR) is 135 cm³/mol. The molecule has 0 spiro atoms. The van der Waals surface area contributed by atoms with Crippen LogP contribution in [-0.2, 0) is 16.5 Å². The van der Waals surface area contributed by atoms with E-state index < -0.39 is 47.8 Å². The molecule has 3 aromatic rings. The zero-order valence-electron chi connectivity index (χ0n) is 21.1. The quantitative estimate of drug-likeness (QED) is 0.328. The Balaban J connectivity index is 0.00000420. The molecule has 0 aliphatic carbocycles. The molecule has 2 aromatic carbocycles. The van der Waals surface area contributed by atoms with Gasteiger partial charge in [0.2, 0.25) is 5.91 Å². The van der Waals surface area contributed by atoms with E-state index in [-0.39, 0.29) is 30.1 Å². The van der Waals surface area contributed by atoms with Gasteiger partial charge in [0.25, 0.3) is 0 Å². The maximum absolute atomic E-state index is 13.4. The summed E-state index contributed by atoms with van der Waals surface area (Å²) in [6.45, 7) is 5.88. The lowest BCUT2D eigenvalue weighted by atomic mass is 9.90. The van der Waals surface area contributed by atoms with Gasteiger partial charge < -0.3 is 10.1 Å². The summed E-state index contributed by atoms with van der Waals surface area (Å²) in [6.07, 6.45) is -7.34. The minimum Gasteiger partial charge on any atom is -0.406 e. The Morgan fingerprint density at radius 1 is 1.03 bits per heavy atom. The van der Waals surface area contributed by atoms with Crippen LogP contribution in [0.5, 0.6) is 5.75 Å². The highest BCUT2D eigenvalue weighted by Gasteiger charge is 2.41. The van der Waals surface area contributed by atoms with Crippen molar-refractivity contribution in [1.29, 1.82) is 0 Å². The first-order chi connectivity index (χ1) is 17.6. The smallest absolute Gasteiger partial charge is 0.406 e. The first-order valence-electron chi connectivity index (χ1n) is 11.8. The summed E-state index contributed by atoms with van der Waals surface area (Å²) in [6, 6.07) is 9.95. The number of anilines is 1. The molecule has 13 heteroatoms. The number of alkyl halides is 6. The first kappa shape index (κ1) is 30.3. The van der Waals surface area contributed by atoms with Crippen molar-refractivity contribution in [3.05, 3.63) is 77.6 Å². The van der Waals surface area contributed by atoms with Gasteiger partial charge in [0.1, 0.15) is 5.75 Å². The molecule has 0 radical (unpaired) electrons. The van der Waals surface area contributed by atoms with Crippen LogP contribution in [-0.4, -0.2) is 28.1 Å². The van der Waals surface area contributed by atoms with Gasteiger partial charge in [-0.1, -0.05) is 12.1 Å². The van der Waals surface area contributed by atoms with Crippen LogP contribution < -0.4 is 15.4 Å². The van der Waals surface area contributed by atoms with Gasteiger partial charge in [0.05, 0.1) is 22.8 Å². The fourth-order valence-corrected chi connectivity index (χ4v) is 4.38. The van der Waals surface area contributed by atoms with Crippen molar-refractivity contribution in [3.8, 4) is 5.75 Å². The number of carbonyl (C=O) groups is 1. The highest BCUT2D eigenvalue weighted by Crippen LogP contribution is 2.42. The molecule has 39 heavy (non-hydrogen) atoms. The SMILES string of the molecule is CC(C)(C)n1ccc(C2C[C@@H](C(=O)Nc3ccc(OC(F)(F)F)cc3)N[C@H]2c2cccc(C(F)(F)F)c2)n1.Cl. The zero-order valence-corrected chi connectivity index (χ0v) is 21.9. The Labute approximate surface area is 227 Å². The number of hydrogen-bond donors (Lipinski definition) is 2. The number of carbonyl (C=O) groups excluding carboxylic acids is 1. The number of nitrogens with one attached hydrogen (secondary N) is 2. The Hall–Kier alpha value is -3.25. The lowest BCUT2D eigenvalue weighted by Gasteiger charge is -2.21. The minimum atomic E-state index is -4.84. The summed E-state index contributed by atoms with van der Waals surface area (Å²) in [5.74, 6) is -1.33. The summed E-state index contributed by atoms with van der Waals surface area (Å²) in [7, 11) is 0. The van der Waals surface area contributed by atoms with Crippen LogP contribution in [0.15, 0.2) is 60.8 Å². The van der Waals surface area contributed by atoms with E-state index in [1.165, 1.54) is 18.2 Å². The molecule has 0 bridgehead atoms. The molecule has 6 nitrogen and oxygen atoms in total. The monoisotopic (exact) mass is 576 g/mol. The van der Waals surface area contributed by atoms with Crippen molar-refractivity contribution >= 4 is 24.0 Å². The van der Waals surface area contributed by atoms with E-state index in [0.29, 0.717) is 11.3 Å². The molecule has 2 heterocycles. The van der Waals surface area contributed by atoms with Crippen molar-refractivity contribution in [2.45, 2.75) is 63.3 Å². The molecule has 1 aromatic heterocycles. The molecule has 1 aliphatic rings. The summed E-state index contributed by atoms with van der Waals surface area (Å²) < 4.78 is 83.0. The standard InChI is InChI=1S/C26H26F6N4O2.ClH/c1-24(2,3)36-12-11-20(35-36)19-14-21(34-22(19)15-5-4-6-16(13-15)25(27,28)29)23(37)33-17-7-9-18(10-8-17)38-26(30,31)32;/h4-13,19,21-22,34H,14H2,1-3H3,(H,33,37);1H/t19?,21-,22-;/m0./s1. The second-order valence-corrected chi connectivity index (χ2v) is 10.1. The van der Waals surface area contributed by atoms with Crippen LogP contribution in [0.2, 0.25) is 0 Å². The number of aromatic nitrogens is 2. The number of hydrogen-bond acceptors (Lipinski definition) is 4. The molecule has 212 valence electrons. The van der Waals surface area contributed by atoms with Gasteiger partial charge in [0, 0.05) is 23.8 Å². The topological polar surface area (TPSA) is 68.2 Å². The summed E-state index contributed by atoms with van der Waals surface area (Å²) in [4.78, 5) is 13.1. The average Bonchev–Trinajstić information content (AvgIpc) is 3.46. The van der Waals surface area contributed by atoms with E-state index in [9.17, 15) is 31.1 Å². The van der Waals surface area contributed by atoms with Crippen molar-refractivity contribution in [1.82, 2.24) is 15.1 Å². The number of nitrogens with zero attached hydrogens (tertiary/aromatic N) is 2. The third-order valence-corrected chi connectivity index (χ3v) is 6.19. The molecule has 1 fully saturated rings. The Morgan fingerprint density at radius 2 is 1.69 bits per heavy atom. The zero-order chi connectivity index (χ0) is 27.9. The third-order valence-electron chi connectivity index (χ3n) is 6.19. The number of halogens is 7. The van der Waals surface area contributed by atoms with Crippen LogP contribution in [0.25, 0.3) is 0 Å². The molecule has 1 amide bonds. The molecular formula is C26H27ClF6N4O2. The molecule has 1 unspecified atom stereocenters. The fourth-order valence-electron chi connectivity index (χ4n) is 4.38. The van der Waals surface area contributed by atoms with Gasteiger partial charge in [0.15, 0.2) is 0 Å². The highest BCUT2D eigenvalue weighted by atomic mass is 35.5. The molecule has 1 saturated heterocycles. The summed E-state index contributed by atoms with van der Waals surface area (Å²) in [5, 5.41) is 10.4. The number of benzene rings is 2. The van der Waals surface area contributed by atoms with Gasteiger partial charge in [-0.05, 0) is 75.2 Å². The van der Waals surface area contributed by atoms with Crippen LogP contribution >= 0.6 is 12.4 Å². The van der Waals surface area contributed by atoms with E-state index in [1.807, 2.05) is 20.8 Å². The Bertz CT molecular complexity index is 1290. The second kappa shape index (κ2) is 11.1. The molecule has 0 saturated carbocycles. The van der Waals surface area contributed by atoms with Crippen LogP contribution in [0.3, 0.4) is 0 Å². The number of rotatable bonds is 5. The van der Waals surface area contributed by atoms with Crippen molar-refractivity contribution in [3.63, 3.8) is 0 Å². The fraction of sp³-hybridized carbons (Fsp3) is 0.385. The van der Waals surface area contributed by atoms with Crippen molar-refractivity contribution < 1.29 is 35.9 Å². The van der Waals surface area contributed by atoms with Gasteiger partial charge in [-0.15, -0.1) is 25.6 Å². The van der Waals surface area contributed by atoms with E-state index in [1.54, 1.807) is 23.0 Å². The molecule has 1 aliphatic heterocycles. The van der Waals surface area contributed by atoms with Crippen LogP contribution in [0.4, 0.5) is 32.0 Å². The van der Waals surface area contributed by atoms with E-state index in [0.717, 1.165) is 24.3 Å². The van der Waals surface area contributed by atoms with Crippen LogP contribution in [0.1, 0.15) is 56.0 Å². The van der Waals surface area contributed by atoms with Crippen molar-refractivity contribution in [2.24, 2.45) is 0 Å². The van der Waals surface area contributed by atoms with Gasteiger partial charge in [-0.3, -0.25) is 14.8 Å². The lowest BCUT2D eigenvalue weighted by Crippen LogP contribution is -2.36. The minimum absolute atomic E-state index is 0. The Kier molecular flexibility index (Phi) is 8.61. The molecular weight excluding hydrogens is 550 g/mol. The maximum atomic E-state index is 13.4.